The molecule has 0 spiro atoms. The van der Waals surface area contributed by atoms with Gasteiger partial charge in [-0.3, -0.25) is 0 Å². The van der Waals surface area contributed by atoms with Gasteiger partial charge in [-0.25, -0.2) is 4.98 Å². The van der Waals surface area contributed by atoms with E-state index in [1.807, 2.05) is 30.0 Å². The molecule has 2 atom stereocenters. The van der Waals surface area contributed by atoms with Gasteiger partial charge in [-0.1, -0.05) is 24.6 Å². The number of aromatic nitrogens is 1. The Bertz CT molecular complexity index is 345. The third kappa shape index (κ3) is 2.40. The SMILES string of the molecule is CC1SCCN(c2cccc(Cl)n2)C1C. The van der Waals surface area contributed by atoms with Crippen LogP contribution >= 0.6 is 23.4 Å². The van der Waals surface area contributed by atoms with Crippen molar-refractivity contribution in [3.8, 4) is 0 Å². The van der Waals surface area contributed by atoms with Gasteiger partial charge in [0.25, 0.3) is 0 Å². The molecule has 1 aliphatic heterocycles. The minimum absolute atomic E-state index is 0.523. The van der Waals surface area contributed by atoms with Gasteiger partial charge in [0.2, 0.25) is 0 Å². The first-order chi connectivity index (χ1) is 7.18. The second-order valence-electron chi connectivity index (χ2n) is 3.83. The van der Waals surface area contributed by atoms with Crippen LogP contribution in [-0.4, -0.2) is 28.6 Å². The van der Waals surface area contributed by atoms with Crippen molar-refractivity contribution < 1.29 is 0 Å². The molecule has 82 valence electrons. The highest BCUT2D eigenvalue weighted by Gasteiger charge is 2.25. The third-order valence-corrected chi connectivity index (χ3v) is 4.43. The van der Waals surface area contributed by atoms with E-state index >= 15 is 0 Å². The summed E-state index contributed by atoms with van der Waals surface area (Å²) in [6.07, 6.45) is 0. The summed E-state index contributed by atoms with van der Waals surface area (Å²) in [6.45, 7) is 5.58. The lowest BCUT2D eigenvalue weighted by Crippen LogP contribution is -2.45. The standard InChI is InChI=1S/C11H15ClN2S/c1-8-9(2)15-7-6-14(8)11-5-3-4-10(12)13-11/h3-5,8-9H,6-7H2,1-2H3. The lowest BCUT2D eigenvalue weighted by molar-refractivity contribution is 0.620. The first-order valence-corrected chi connectivity index (χ1v) is 6.62. The second kappa shape index (κ2) is 4.62. The Hall–Kier alpha value is -0.410. The maximum absolute atomic E-state index is 5.91. The van der Waals surface area contributed by atoms with Gasteiger partial charge >= 0.3 is 0 Å². The molecule has 0 radical (unpaired) electrons. The summed E-state index contributed by atoms with van der Waals surface area (Å²) in [5.41, 5.74) is 0. The molecule has 0 aliphatic carbocycles. The Kier molecular flexibility index (Phi) is 3.42. The van der Waals surface area contributed by atoms with E-state index in [9.17, 15) is 0 Å². The first-order valence-electron chi connectivity index (χ1n) is 5.19. The summed E-state index contributed by atoms with van der Waals surface area (Å²) in [7, 11) is 0. The second-order valence-corrected chi connectivity index (χ2v) is 5.70. The van der Waals surface area contributed by atoms with Gasteiger partial charge in [-0.15, -0.1) is 0 Å². The first kappa shape index (κ1) is 11.1. The maximum atomic E-state index is 5.91. The molecule has 1 fully saturated rings. The summed E-state index contributed by atoms with van der Waals surface area (Å²) in [4.78, 5) is 6.70. The number of pyridine rings is 1. The van der Waals surface area contributed by atoms with Crippen LogP contribution in [0.25, 0.3) is 0 Å². The quantitative estimate of drug-likeness (QED) is 0.705. The van der Waals surface area contributed by atoms with E-state index in [4.69, 9.17) is 11.6 Å². The van der Waals surface area contributed by atoms with Crippen molar-refractivity contribution in [2.75, 3.05) is 17.2 Å². The number of anilines is 1. The van der Waals surface area contributed by atoms with Crippen LogP contribution in [0.4, 0.5) is 5.82 Å². The van der Waals surface area contributed by atoms with Crippen LogP contribution in [0, 0.1) is 0 Å². The molecule has 1 aromatic rings. The molecule has 0 N–H and O–H groups in total. The molecule has 2 unspecified atom stereocenters. The van der Waals surface area contributed by atoms with Crippen LogP contribution in [0.1, 0.15) is 13.8 Å². The molecule has 0 amide bonds. The van der Waals surface area contributed by atoms with Gasteiger partial charge in [0.05, 0.1) is 0 Å². The van der Waals surface area contributed by atoms with E-state index in [-0.39, 0.29) is 0 Å². The zero-order valence-corrected chi connectivity index (χ0v) is 10.6. The Morgan fingerprint density at radius 1 is 1.47 bits per heavy atom. The fourth-order valence-corrected chi connectivity index (χ4v) is 3.07. The fraction of sp³-hybridized carbons (Fsp3) is 0.545. The molecule has 0 aromatic carbocycles. The van der Waals surface area contributed by atoms with Gasteiger partial charge in [0.15, 0.2) is 0 Å². The minimum atomic E-state index is 0.523. The summed E-state index contributed by atoms with van der Waals surface area (Å²) >= 11 is 7.93. The van der Waals surface area contributed by atoms with E-state index in [1.54, 1.807) is 0 Å². The normalized spacial score (nSPS) is 26.7. The number of hydrogen-bond donors (Lipinski definition) is 0. The number of thioether (sulfide) groups is 1. The van der Waals surface area contributed by atoms with Crippen LogP contribution in [0.3, 0.4) is 0 Å². The molecular formula is C11H15ClN2S. The molecule has 4 heteroatoms. The van der Waals surface area contributed by atoms with E-state index in [1.165, 1.54) is 5.75 Å². The third-order valence-electron chi connectivity index (χ3n) is 2.88. The van der Waals surface area contributed by atoms with Crippen LogP contribution in [0.5, 0.6) is 0 Å². The molecule has 2 heterocycles. The van der Waals surface area contributed by atoms with Gasteiger partial charge in [-0.2, -0.15) is 11.8 Å². The summed E-state index contributed by atoms with van der Waals surface area (Å²) in [5, 5.41) is 1.23. The van der Waals surface area contributed by atoms with Crippen LogP contribution in [0.2, 0.25) is 5.15 Å². The molecule has 2 rings (SSSR count). The monoisotopic (exact) mass is 242 g/mol. The lowest BCUT2D eigenvalue weighted by atomic mass is 10.2. The molecular weight excluding hydrogens is 228 g/mol. The highest BCUT2D eigenvalue weighted by Crippen LogP contribution is 2.28. The van der Waals surface area contributed by atoms with Crippen molar-refractivity contribution in [2.45, 2.75) is 25.1 Å². The van der Waals surface area contributed by atoms with Gasteiger partial charge in [0.1, 0.15) is 11.0 Å². The topological polar surface area (TPSA) is 16.1 Å². The van der Waals surface area contributed by atoms with Crippen molar-refractivity contribution in [1.29, 1.82) is 0 Å². The van der Waals surface area contributed by atoms with Crippen LogP contribution in [-0.2, 0) is 0 Å². The molecule has 1 saturated heterocycles. The van der Waals surface area contributed by atoms with Gasteiger partial charge in [-0.05, 0) is 19.1 Å². The number of halogens is 1. The van der Waals surface area contributed by atoms with Crippen molar-refractivity contribution in [1.82, 2.24) is 4.98 Å². The number of hydrogen-bond acceptors (Lipinski definition) is 3. The minimum Gasteiger partial charge on any atom is -0.352 e. The highest BCUT2D eigenvalue weighted by atomic mass is 35.5. The molecule has 0 saturated carbocycles. The van der Waals surface area contributed by atoms with E-state index < -0.39 is 0 Å². The predicted molar refractivity (Wildman–Crippen MR) is 68.0 cm³/mol. The summed E-state index contributed by atoms with van der Waals surface area (Å²) in [6, 6.07) is 6.34. The Morgan fingerprint density at radius 3 is 3.00 bits per heavy atom. The summed E-state index contributed by atoms with van der Waals surface area (Å²) in [5.74, 6) is 2.17. The largest absolute Gasteiger partial charge is 0.352 e. The van der Waals surface area contributed by atoms with E-state index in [0.717, 1.165) is 12.4 Å². The average molecular weight is 243 g/mol. The summed E-state index contributed by atoms with van der Waals surface area (Å²) < 4.78 is 0. The van der Waals surface area contributed by atoms with Gasteiger partial charge < -0.3 is 4.90 Å². The smallest absolute Gasteiger partial charge is 0.131 e. The molecule has 2 nitrogen and oxygen atoms in total. The molecule has 1 aliphatic rings. The Morgan fingerprint density at radius 2 is 2.27 bits per heavy atom. The van der Waals surface area contributed by atoms with Crippen molar-refractivity contribution in [3.63, 3.8) is 0 Å². The average Bonchev–Trinajstić information content (AvgIpc) is 2.22. The van der Waals surface area contributed by atoms with E-state index in [2.05, 4.69) is 23.7 Å². The molecule has 1 aromatic heterocycles. The van der Waals surface area contributed by atoms with Crippen molar-refractivity contribution in [2.24, 2.45) is 0 Å². The predicted octanol–water partition coefficient (Wildman–Crippen LogP) is 3.07. The molecule has 0 bridgehead atoms. The molecule has 15 heavy (non-hydrogen) atoms. The Labute approximate surface area is 100 Å². The Balaban J connectivity index is 2.22. The van der Waals surface area contributed by atoms with Crippen molar-refractivity contribution >= 4 is 29.2 Å². The number of nitrogens with zero attached hydrogens (tertiary/aromatic N) is 2. The zero-order chi connectivity index (χ0) is 10.8. The van der Waals surface area contributed by atoms with Gasteiger partial charge in [0, 0.05) is 23.6 Å². The highest BCUT2D eigenvalue weighted by molar-refractivity contribution is 8.00. The maximum Gasteiger partial charge on any atom is 0.131 e. The fourth-order valence-electron chi connectivity index (χ4n) is 1.81. The van der Waals surface area contributed by atoms with Crippen LogP contribution < -0.4 is 4.90 Å². The van der Waals surface area contributed by atoms with Crippen molar-refractivity contribution in [3.05, 3.63) is 23.4 Å². The lowest BCUT2D eigenvalue weighted by Gasteiger charge is -2.38. The van der Waals surface area contributed by atoms with E-state index in [0.29, 0.717) is 16.4 Å². The number of rotatable bonds is 1. The zero-order valence-electron chi connectivity index (χ0n) is 8.98. The van der Waals surface area contributed by atoms with Crippen LogP contribution in [0.15, 0.2) is 18.2 Å².